The van der Waals surface area contributed by atoms with Gasteiger partial charge in [0, 0.05) is 36.8 Å². The number of carbonyl (C=O) groups is 1. The molecule has 3 aliphatic carbocycles. The highest BCUT2D eigenvalue weighted by Gasteiger charge is 2.57. The van der Waals surface area contributed by atoms with E-state index in [2.05, 4.69) is 20.9 Å². The summed E-state index contributed by atoms with van der Waals surface area (Å²) in [6, 6.07) is 5.22. The van der Waals surface area contributed by atoms with Crippen LogP contribution in [0.15, 0.2) is 18.2 Å². The van der Waals surface area contributed by atoms with Crippen molar-refractivity contribution in [2.75, 3.05) is 39.5 Å². The maximum Gasteiger partial charge on any atom is 0.258 e. The molecule has 3 atom stereocenters. The van der Waals surface area contributed by atoms with E-state index in [4.69, 9.17) is 21.1 Å². The lowest BCUT2D eigenvalue weighted by molar-refractivity contribution is -0.125. The lowest BCUT2D eigenvalue weighted by atomic mass is 9.76. The fraction of sp³-hybridized carbons (Fsp3) is 0.696. The van der Waals surface area contributed by atoms with Crippen molar-refractivity contribution in [3.05, 3.63) is 29.0 Å². The summed E-state index contributed by atoms with van der Waals surface area (Å²) in [5.74, 6) is 0.187. The van der Waals surface area contributed by atoms with Crippen LogP contribution in [0.1, 0.15) is 32.1 Å². The standard InChI is InChI=1S/C23H32ClFN4O3/c24-18-2-1-17(10-19(18)25)32-14-22(30)28-23-11-15(12-23)20(13-23)27-21-9-16(3-4-26-21)29-5-7-31-8-6-29/h1-2,10,15-16,20-21,26-27H,3-9,11-14H2,(H,28,30). The SMILES string of the molecule is O=C(COc1ccc(Cl)c(F)c1)NC12CC(C1)C(NC1CC(N3CCOCC3)CCN1)C2. The van der Waals surface area contributed by atoms with Gasteiger partial charge in [0.15, 0.2) is 6.61 Å². The molecule has 2 aliphatic heterocycles. The van der Waals surface area contributed by atoms with Crippen molar-refractivity contribution in [2.45, 2.75) is 55.9 Å². The van der Waals surface area contributed by atoms with Crippen LogP contribution in [-0.2, 0) is 9.53 Å². The van der Waals surface area contributed by atoms with E-state index in [0.717, 1.165) is 58.5 Å². The van der Waals surface area contributed by atoms with Gasteiger partial charge in [-0.05, 0) is 56.7 Å². The summed E-state index contributed by atoms with van der Waals surface area (Å²) in [5, 5.41) is 10.7. The average Bonchev–Trinajstić information content (AvgIpc) is 3.29. The van der Waals surface area contributed by atoms with Crippen molar-refractivity contribution >= 4 is 17.5 Å². The summed E-state index contributed by atoms with van der Waals surface area (Å²) in [4.78, 5) is 15.0. The molecule has 5 fully saturated rings. The van der Waals surface area contributed by atoms with E-state index in [9.17, 15) is 9.18 Å². The number of halogens is 2. The zero-order valence-electron chi connectivity index (χ0n) is 18.2. The van der Waals surface area contributed by atoms with Gasteiger partial charge in [-0.2, -0.15) is 0 Å². The van der Waals surface area contributed by atoms with Gasteiger partial charge in [0.25, 0.3) is 5.91 Å². The monoisotopic (exact) mass is 466 g/mol. The first kappa shape index (κ1) is 22.3. The Balaban J connectivity index is 1.08. The van der Waals surface area contributed by atoms with Crippen LogP contribution in [0.25, 0.3) is 0 Å². The number of nitrogens with one attached hydrogen (secondary N) is 3. The molecule has 1 aromatic rings. The Morgan fingerprint density at radius 1 is 1.31 bits per heavy atom. The Kier molecular flexibility index (Phi) is 6.58. The van der Waals surface area contributed by atoms with Crippen LogP contribution in [0, 0.1) is 11.7 Å². The van der Waals surface area contributed by atoms with Crippen LogP contribution in [0.5, 0.6) is 5.75 Å². The lowest BCUT2D eigenvalue weighted by Crippen LogP contribution is -2.57. The quantitative estimate of drug-likeness (QED) is 0.570. The molecule has 2 saturated heterocycles. The molecule has 6 rings (SSSR count). The van der Waals surface area contributed by atoms with E-state index >= 15 is 0 Å². The highest BCUT2D eigenvalue weighted by atomic mass is 35.5. The zero-order chi connectivity index (χ0) is 22.1. The Morgan fingerprint density at radius 3 is 2.91 bits per heavy atom. The molecule has 3 N–H and O–H groups in total. The number of piperidine rings is 1. The molecule has 1 amide bonds. The Labute approximate surface area is 193 Å². The third-order valence-corrected chi connectivity index (χ3v) is 7.81. The van der Waals surface area contributed by atoms with Crippen LogP contribution in [0.4, 0.5) is 4.39 Å². The first-order valence-corrected chi connectivity index (χ1v) is 12.1. The molecule has 0 radical (unpaired) electrons. The molecule has 2 heterocycles. The summed E-state index contributed by atoms with van der Waals surface area (Å²) in [7, 11) is 0. The Hall–Kier alpha value is -1.45. The van der Waals surface area contributed by atoms with Gasteiger partial charge in [-0.15, -0.1) is 0 Å². The summed E-state index contributed by atoms with van der Waals surface area (Å²) in [5.41, 5.74) is -0.133. The van der Waals surface area contributed by atoms with Crippen molar-refractivity contribution in [3.8, 4) is 5.75 Å². The van der Waals surface area contributed by atoms with Crippen LogP contribution in [0.2, 0.25) is 5.02 Å². The van der Waals surface area contributed by atoms with Crippen molar-refractivity contribution in [2.24, 2.45) is 5.92 Å². The van der Waals surface area contributed by atoms with Crippen molar-refractivity contribution in [1.82, 2.24) is 20.9 Å². The highest BCUT2D eigenvalue weighted by Crippen LogP contribution is 2.52. The largest absolute Gasteiger partial charge is 0.484 e. The predicted octanol–water partition coefficient (Wildman–Crippen LogP) is 1.90. The zero-order valence-corrected chi connectivity index (χ0v) is 19.0. The number of rotatable bonds is 7. The maximum atomic E-state index is 13.5. The van der Waals surface area contributed by atoms with E-state index in [1.54, 1.807) is 6.07 Å². The lowest BCUT2D eigenvalue weighted by Gasteiger charge is -2.41. The second-order valence-corrected chi connectivity index (χ2v) is 10.1. The maximum absolute atomic E-state index is 13.5. The van der Waals surface area contributed by atoms with Gasteiger partial charge < -0.3 is 20.1 Å². The van der Waals surface area contributed by atoms with E-state index in [-0.39, 0.29) is 23.1 Å². The normalized spacial score (nSPS) is 34.7. The smallest absolute Gasteiger partial charge is 0.258 e. The van der Waals surface area contributed by atoms with Gasteiger partial charge in [0.2, 0.25) is 0 Å². The van der Waals surface area contributed by atoms with Gasteiger partial charge >= 0.3 is 0 Å². The second kappa shape index (κ2) is 9.43. The molecule has 9 heteroatoms. The molecule has 3 unspecified atom stereocenters. The first-order valence-electron chi connectivity index (χ1n) is 11.7. The minimum absolute atomic E-state index is 0.0365. The van der Waals surface area contributed by atoms with Crippen LogP contribution >= 0.6 is 11.6 Å². The Morgan fingerprint density at radius 2 is 2.12 bits per heavy atom. The van der Waals surface area contributed by atoms with Gasteiger partial charge in [0.05, 0.1) is 24.4 Å². The summed E-state index contributed by atoms with van der Waals surface area (Å²) >= 11 is 5.68. The summed E-state index contributed by atoms with van der Waals surface area (Å²) < 4.78 is 24.5. The number of fused-ring (bicyclic) bond motifs is 1. The number of nitrogens with zero attached hydrogens (tertiary/aromatic N) is 1. The molecule has 5 aliphatic rings. The molecule has 32 heavy (non-hydrogen) atoms. The second-order valence-electron chi connectivity index (χ2n) is 9.67. The molecule has 0 aromatic heterocycles. The van der Waals surface area contributed by atoms with Crippen molar-refractivity contribution in [3.63, 3.8) is 0 Å². The predicted molar refractivity (Wildman–Crippen MR) is 119 cm³/mol. The topological polar surface area (TPSA) is 74.9 Å². The van der Waals surface area contributed by atoms with E-state index in [1.807, 2.05) is 0 Å². The third kappa shape index (κ3) is 4.89. The number of carbonyl (C=O) groups excluding carboxylic acids is 1. The molecule has 1 aromatic carbocycles. The number of hydrogen-bond acceptors (Lipinski definition) is 6. The summed E-state index contributed by atoms with van der Waals surface area (Å²) in [6.07, 6.45) is 5.56. The average molecular weight is 467 g/mol. The first-order chi connectivity index (χ1) is 15.5. The number of amides is 1. The third-order valence-electron chi connectivity index (χ3n) is 7.50. The summed E-state index contributed by atoms with van der Waals surface area (Å²) in [6.45, 7) is 4.64. The van der Waals surface area contributed by atoms with Gasteiger partial charge in [-0.1, -0.05) is 11.6 Å². The van der Waals surface area contributed by atoms with Gasteiger partial charge in [0.1, 0.15) is 11.6 Å². The minimum atomic E-state index is -0.554. The fourth-order valence-electron chi connectivity index (χ4n) is 5.94. The van der Waals surface area contributed by atoms with Gasteiger partial charge in [-0.3, -0.25) is 15.0 Å². The Bertz CT molecular complexity index is 831. The van der Waals surface area contributed by atoms with E-state index < -0.39 is 5.82 Å². The van der Waals surface area contributed by atoms with E-state index in [1.165, 1.54) is 18.6 Å². The molecule has 2 bridgehead atoms. The van der Waals surface area contributed by atoms with Gasteiger partial charge in [-0.25, -0.2) is 4.39 Å². The highest BCUT2D eigenvalue weighted by molar-refractivity contribution is 6.30. The number of hydrogen-bond donors (Lipinski definition) is 3. The van der Waals surface area contributed by atoms with Crippen molar-refractivity contribution < 1.29 is 18.7 Å². The van der Waals surface area contributed by atoms with E-state index in [0.29, 0.717) is 29.9 Å². The molecule has 7 nitrogen and oxygen atoms in total. The molecular formula is C23H32ClFN4O3. The molecule has 176 valence electrons. The van der Waals surface area contributed by atoms with Crippen LogP contribution in [0.3, 0.4) is 0 Å². The molecular weight excluding hydrogens is 435 g/mol. The van der Waals surface area contributed by atoms with Crippen LogP contribution in [-0.4, -0.2) is 74.1 Å². The number of morpholine rings is 1. The van der Waals surface area contributed by atoms with Crippen LogP contribution < -0.4 is 20.7 Å². The molecule has 0 spiro atoms. The number of benzene rings is 1. The number of ether oxygens (including phenoxy) is 2. The van der Waals surface area contributed by atoms with Crippen molar-refractivity contribution in [1.29, 1.82) is 0 Å². The fourth-order valence-corrected chi connectivity index (χ4v) is 6.05. The minimum Gasteiger partial charge on any atom is -0.484 e. The molecule has 3 saturated carbocycles.